The Labute approximate surface area is 206 Å². The molecule has 0 unspecified atom stereocenters. The van der Waals surface area contributed by atoms with Gasteiger partial charge in [0.2, 0.25) is 0 Å². The van der Waals surface area contributed by atoms with Crippen molar-refractivity contribution in [3.63, 3.8) is 0 Å². The van der Waals surface area contributed by atoms with Crippen LogP contribution in [-0.4, -0.2) is 71.0 Å². The van der Waals surface area contributed by atoms with E-state index < -0.39 is 0 Å². The molecule has 0 amide bonds. The van der Waals surface area contributed by atoms with Gasteiger partial charge in [-0.2, -0.15) is 0 Å². The van der Waals surface area contributed by atoms with Crippen molar-refractivity contribution < 1.29 is 9.47 Å². The summed E-state index contributed by atoms with van der Waals surface area (Å²) in [6.07, 6.45) is 4.97. The van der Waals surface area contributed by atoms with Crippen molar-refractivity contribution in [3.8, 4) is 11.4 Å². The van der Waals surface area contributed by atoms with Crippen molar-refractivity contribution in [2.75, 3.05) is 46.5 Å². The number of methoxy groups -OCH3 is 1. The summed E-state index contributed by atoms with van der Waals surface area (Å²) in [6, 6.07) is 18.4. The Morgan fingerprint density at radius 2 is 1.88 bits per heavy atom. The minimum absolute atomic E-state index is 0.00648. The number of ether oxygens (including phenoxy) is 2. The van der Waals surface area contributed by atoms with Crippen LogP contribution in [-0.2, 0) is 4.74 Å². The molecule has 7 nitrogen and oxygen atoms in total. The number of benzene rings is 1. The minimum atomic E-state index is -0.0413. The van der Waals surface area contributed by atoms with E-state index in [-0.39, 0.29) is 12.1 Å². The summed E-state index contributed by atoms with van der Waals surface area (Å²) in [6.45, 7) is 5.55. The molecule has 2 fully saturated rings. The van der Waals surface area contributed by atoms with Gasteiger partial charge >= 0.3 is 0 Å². The zero-order valence-electron chi connectivity index (χ0n) is 19.5. The lowest BCUT2D eigenvalue weighted by atomic mass is 10.0. The van der Waals surface area contributed by atoms with Crippen LogP contribution in [0.3, 0.4) is 0 Å². The minimum Gasteiger partial charge on any atom is -0.495 e. The molecule has 4 heterocycles. The number of nitrogens with one attached hydrogen (secondary N) is 1. The standard InChI is InChI=1S/C26H31N5O2S/c1-32-23-11-3-2-9-21(23)30-14-6-10-22(30)25-24(20-8-4-5-12-27-20)28-26(34)31(25)15-7-13-29-16-18-33-19-17-29/h2-6,8-12,14,24-25H,7,13,15-19H2,1H3,(H,28,34)/t24-,25-/m0/s1. The van der Waals surface area contributed by atoms with Crippen LogP contribution < -0.4 is 10.1 Å². The van der Waals surface area contributed by atoms with Crippen molar-refractivity contribution in [3.05, 3.63) is 78.4 Å². The Morgan fingerprint density at radius 1 is 1.06 bits per heavy atom. The molecule has 34 heavy (non-hydrogen) atoms. The number of aromatic nitrogens is 2. The van der Waals surface area contributed by atoms with Gasteiger partial charge in [-0.1, -0.05) is 18.2 Å². The molecule has 2 atom stereocenters. The summed E-state index contributed by atoms with van der Waals surface area (Å²) >= 11 is 5.87. The fourth-order valence-corrected chi connectivity index (χ4v) is 5.27. The van der Waals surface area contributed by atoms with E-state index >= 15 is 0 Å². The van der Waals surface area contributed by atoms with E-state index in [0.717, 1.165) is 73.8 Å². The molecule has 1 N–H and O–H groups in total. The molecule has 3 aromatic rings. The maximum Gasteiger partial charge on any atom is 0.170 e. The fourth-order valence-electron chi connectivity index (χ4n) is 4.94. The van der Waals surface area contributed by atoms with Crippen molar-refractivity contribution in [2.24, 2.45) is 0 Å². The van der Waals surface area contributed by atoms with Gasteiger partial charge in [-0.25, -0.2) is 0 Å². The van der Waals surface area contributed by atoms with E-state index in [4.69, 9.17) is 21.7 Å². The van der Waals surface area contributed by atoms with Gasteiger partial charge < -0.3 is 24.3 Å². The Morgan fingerprint density at radius 3 is 2.68 bits per heavy atom. The number of rotatable bonds is 8. The third-order valence-electron chi connectivity index (χ3n) is 6.60. The summed E-state index contributed by atoms with van der Waals surface area (Å²) in [5.41, 5.74) is 3.15. The third kappa shape index (κ3) is 4.66. The summed E-state index contributed by atoms with van der Waals surface area (Å²) in [7, 11) is 1.71. The SMILES string of the molecule is COc1ccccc1-n1cccc1[C@H]1[C@H](c2ccccn2)NC(=S)N1CCCN1CCOCC1. The van der Waals surface area contributed by atoms with Crippen LogP contribution in [0.2, 0.25) is 0 Å². The van der Waals surface area contributed by atoms with E-state index in [0.29, 0.717) is 0 Å². The molecule has 8 heteroatoms. The Bertz CT molecular complexity index is 1100. The van der Waals surface area contributed by atoms with Crippen LogP contribution in [0.1, 0.15) is 29.9 Å². The molecule has 0 bridgehead atoms. The predicted octanol–water partition coefficient (Wildman–Crippen LogP) is 3.58. The first kappa shape index (κ1) is 22.8. The summed E-state index contributed by atoms with van der Waals surface area (Å²) in [5.74, 6) is 0.835. The van der Waals surface area contributed by atoms with Gasteiger partial charge in [0.15, 0.2) is 5.11 Å². The molecule has 1 aromatic carbocycles. The normalized spacial score (nSPS) is 21.0. The highest BCUT2D eigenvalue weighted by molar-refractivity contribution is 7.80. The molecule has 2 aromatic heterocycles. The number of pyridine rings is 1. The van der Waals surface area contributed by atoms with Crippen LogP contribution in [0, 0.1) is 0 Å². The average molecular weight is 478 g/mol. The molecule has 2 aliphatic heterocycles. The van der Waals surface area contributed by atoms with Crippen LogP contribution in [0.5, 0.6) is 5.75 Å². The largest absolute Gasteiger partial charge is 0.495 e. The van der Waals surface area contributed by atoms with Crippen LogP contribution >= 0.6 is 12.2 Å². The monoisotopic (exact) mass is 477 g/mol. The topological polar surface area (TPSA) is 54.8 Å². The molecule has 2 aliphatic rings. The van der Waals surface area contributed by atoms with Crippen molar-refractivity contribution >= 4 is 17.3 Å². The van der Waals surface area contributed by atoms with Gasteiger partial charge in [0.25, 0.3) is 0 Å². The predicted molar refractivity (Wildman–Crippen MR) is 136 cm³/mol. The first-order chi connectivity index (χ1) is 16.8. The third-order valence-corrected chi connectivity index (χ3v) is 6.96. The van der Waals surface area contributed by atoms with Gasteiger partial charge in [0.05, 0.1) is 43.8 Å². The zero-order valence-corrected chi connectivity index (χ0v) is 20.3. The number of morpholine rings is 1. The Balaban J connectivity index is 1.46. The smallest absolute Gasteiger partial charge is 0.170 e. The highest BCUT2D eigenvalue weighted by Gasteiger charge is 2.41. The fraction of sp³-hybridized carbons (Fsp3) is 0.385. The first-order valence-electron chi connectivity index (χ1n) is 11.8. The molecule has 0 aliphatic carbocycles. The van der Waals surface area contributed by atoms with Crippen molar-refractivity contribution in [2.45, 2.75) is 18.5 Å². The van der Waals surface area contributed by atoms with Crippen LogP contribution in [0.15, 0.2) is 67.0 Å². The number of hydrogen-bond acceptors (Lipinski definition) is 5. The summed E-state index contributed by atoms with van der Waals surface area (Å²) in [4.78, 5) is 9.48. The maximum atomic E-state index is 5.87. The highest BCUT2D eigenvalue weighted by atomic mass is 32.1. The highest BCUT2D eigenvalue weighted by Crippen LogP contribution is 2.40. The second-order valence-electron chi connectivity index (χ2n) is 8.60. The summed E-state index contributed by atoms with van der Waals surface area (Å²) < 4.78 is 13.4. The Kier molecular flexibility index (Phi) is 7.08. The quantitative estimate of drug-likeness (QED) is 0.498. The zero-order chi connectivity index (χ0) is 23.3. The van der Waals surface area contributed by atoms with E-state index in [1.807, 2.05) is 36.5 Å². The lowest BCUT2D eigenvalue weighted by Crippen LogP contribution is -2.39. The van der Waals surface area contributed by atoms with E-state index in [1.165, 1.54) is 0 Å². The van der Waals surface area contributed by atoms with E-state index in [9.17, 15) is 0 Å². The molecule has 0 saturated carbocycles. The van der Waals surface area contributed by atoms with Gasteiger partial charge in [-0.15, -0.1) is 0 Å². The maximum absolute atomic E-state index is 5.87. The number of hydrogen-bond donors (Lipinski definition) is 1. The molecular formula is C26H31N5O2S. The average Bonchev–Trinajstić information content (AvgIpc) is 3.49. The van der Waals surface area contributed by atoms with E-state index in [2.05, 4.69) is 55.1 Å². The van der Waals surface area contributed by atoms with E-state index in [1.54, 1.807) is 7.11 Å². The molecule has 178 valence electrons. The van der Waals surface area contributed by atoms with Crippen LogP contribution in [0.25, 0.3) is 5.69 Å². The van der Waals surface area contributed by atoms with Gasteiger partial charge in [-0.3, -0.25) is 9.88 Å². The number of nitrogens with zero attached hydrogens (tertiary/aromatic N) is 4. The van der Waals surface area contributed by atoms with Crippen molar-refractivity contribution in [1.82, 2.24) is 24.7 Å². The van der Waals surface area contributed by atoms with Gasteiger partial charge in [0.1, 0.15) is 5.75 Å². The number of thiocarbonyl (C=S) groups is 1. The van der Waals surface area contributed by atoms with Gasteiger partial charge in [-0.05, 0) is 55.0 Å². The molecule has 0 radical (unpaired) electrons. The summed E-state index contributed by atoms with van der Waals surface area (Å²) in [5, 5.41) is 4.34. The second kappa shape index (κ2) is 10.5. The van der Waals surface area contributed by atoms with Gasteiger partial charge in [0, 0.05) is 44.3 Å². The lowest BCUT2D eigenvalue weighted by Gasteiger charge is -2.31. The van der Waals surface area contributed by atoms with Crippen molar-refractivity contribution in [1.29, 1.82) is 0 Å². The Hall–Kier alpha value is -2.94. The lowest BCUT2D eigenvalue weighted by molar-refractivity contribution is 0.0365. The second-order valence-corrected chi connectivity index (χ2v) is 8.99. The molecule has 2 saturated heterocycles. The molecule has 5 rings (SSSR count). The number of para-hydroxylation sites is 2. The molecular weight excluding hydrogens is 446 g/mol. The first-order valence-corrected chi connectivity index (χ1v) is 12.3. The molecule has 0 spiro atoms. The van der Waals surface area contributed by atoms with Crippen LogP contribution in [0.4, 0.5) is 0 Å².